The van der Waals surface area contributed by atoms with Crippen LogP contribution in [0.1, 0.15) is 18.1 Å². The van der Waals surface area contributed by atoms with Crippen molar-refractivity contribution in [1.82, 2.24) is 5.43 Å². The van der Waals surface area contributed by atoms with Crippen LogP contribution in [0.5, 0.6) is 0 Å². The van der Waals surface area contributed by atoms with Gasteiger partial charge in [0.1, 0.15) is 5.84 Å². The Kier molecular flexibility index (Phi) is 4.10. The van der Waals surface area contributed by atoms with Gasteiger partial charge in [-0.2, -0.15) is 0 Å². The van der Waals surface area contributed by atoms with Gasteiger partial charge in [0.25, 0.3) is 0 Å². The lowest BCUT2D eigenvalue weighted by Crippen LogP contribution is -2.31. The van der Waals surface area contributed by atoms with Crippen molar-refractivity contribution in [3.63, 3.8) is 0 Å². The molecule has 1 aromatic carbocycles. The summed E-state index contributed by atoms with van der Waals surface area (Å²) in [4.78, 5) is 4.25. The van der Waals surface area contributed by atoms with Crippen molar-refractivity contribution in [3.05, 3.63) is 33.8 Å². The van der Waals surface area contributed by atoms with Gasteiger partial charge < -0.3 is 5.43 Å². The predicted molar refractivity (Wildman–Crippen MR) is 63.3 cm³/mol. The Balaban J connectivity index is 3.11. The minimum atomic E-state index is 0.708. The maximum absolute atomic E-state index is 5.40. The van der Waals surface area contributed by atoms with Crippen molar-refractivity contribution in [2.24, 2.45) is 10.8 Å². The summed E-state index contributed by atoms with van der Waals surface area (Å²) in [6, 6.07) is 6.06. The fraction of sp³-hybridized carbons (Fsp3) is 0.300. The van der Waals surface area contributed by atoms with Crippen LogP contribution >= 0.6 is 15.9 Å². The summed E-state index contributed by atoms with van der Waals surface area (Å²) in [5.74, 6) is 6.10. The Morgan fingerprint density at radius 2 is 2.29 bits per heavy atom. The summed E-state index contributed by atoms with van der Waals surface area (Å²) in [5, 5.41) is 0. The number of aryl methyl sites for hydroxylation is 1. The number of nitrogens with two attached hydrogens (primary N) is 1. The van der Waals surface area contributed by atoms with Crippen LogP contribution in [0.15, 0.2) is 27.7 Å². The maximum atomic E-state index is 5.40. The van der Waals surface area contributed by atoms with E-state index >= 15 is 0 Å². The van der Waals surface area contributed by atoms with Crippen LogP contribution in [0.25, 0.3) is 0 Å². The molecular weight excluding hydrogens is 242 g/mol. The number of nitrogens with one attached hydrogen (secondary N) is 1. The molecule has 0 unspecified atom stereocenters. The molecule has 0 aliphatic carbocycles. The molecule has 0 amide bonds. The summed E-state index contributed by atoms with van der Waals surface area (Å²) in [7, 11) is 0. The van der Waals surface area contributed by atoms with E-state index in [4.69, 9.17) is 5.84 Å². The second-order valence-electron chi connectivity index (χ2n) is 2.95. The number of rotatable bonds is 2. The highest BCUT2D eigenvalue weighted by molar-refractivity contribution is 9.10. The van der Waals surface area contributed by atoms with Gasteiger partial charge in [-0.3, -0.25) is 4.99 Å². The molecule has 0 aliphatic rings. The van der Waals surface area contributed by atoms with E-state index in [0.29, 0.717) is 12.4 Å². The first-order chi connectivity index (χ1) is 6.69. The van der Waals surface area contributed by atoms with Crippen LogP contribution < -0.4 is 11.3 Å². The molecule has 0 aromatic heterocycles. The van der Waals surface area contributed by atoms with E-state index in [-0.39, 0.29) is 0 Å². The fourth-order valence-corrected chi connectivity index (χ4v) is 1.86. The topological polar surface area (TPSA) is 50.4 Å². The summed E-state index contributed by atoms with van der Waals surface area (Å²) < 4.78 is 1.00. The van der Waals surface area contributed by atoms with Crippen molar-refractivity contribution in [2.45, 2.75) is 13.8 Å². The highest BCUT2D eigenvalue weighted by atomic mass is 79.9. The molecule has 0 fully saturated rings. The largest absolute Gasteiger partial charge is 0.308 e. The number of aliphatic imine (C=N–C) groups is 1. The van der Waals surface area contributed by atoms with Crippen molar-refractivity contribution in [1.29, 1.82) is 0 Å². The third kappa shape index (κ3) is 2.56. The number of hydrogen-bond acceptors (Lipinski definition) is 2. The lowest BCUT2D eigenvalue weighted by atomic mass is 10.1. The van der Waals surface area contributed by atoms with Crippen LogP contribution in [0.2, 0.25) is 0 Å². The van der Waals surface area contributed by atoms with Gasteiger partial charge in [0.2, 0.25) is 0 Å². The monoisotopic (exact) mass is 255 g/mol. The zero-order valence-electron chi connectivity index (χ0n) is 8.34. The molecule has 0 aliphatic heterocycles. The van der Waals surface area contributed by atoms with E-state index in [1.54, 1.807) is 0 Å². The fourth-order valence-electron chi connectivity index (χ4n) is 1.18. The smallest absolute Gasteiger partial charge is 0.143 e. The van der Waals surface area contributed by atoms with Crippen molar-refractivity contribution in [2.75, 3.05) is 6.54 Å². The van der Waals surface area contributed by atoms with Crippen LogP contribution in [0, 0.1) is 6.92 Å². The van der Waals surface area contributed by atoms with Gasteiger partial charge in [-0.15, -0.1) is 0 Å². The van der Waals surface area contributed by atoms with E-state index < -0.39 is 0 Å². The van der Waals surface area contributed by atoms with Gasteiger partial charge in [-0.05, 0) is 31.5 Å². The zero-order chi connectivity index (χ0) is 10.6. The standard InChI is InChI=1S/C10H14BrN3/c1-3-13-10(14-12)8-5-4-7(2)6-9(8)11/h4-6H,3,12H2,1-2H3,(H,13,14). The van der Waals surface area contributed by atoms with Gasteiger partial charge in [-0.25, -0.2) is 5.84 Å². The van der Waals surface area contributed by atoms with Gasteiger partial charge in [-0.1, -0.05) is 22.0 Å². The van der Waals surface area contributed by atoms with Crippen LogP contribution in [-0.4, -0.2) is 12.4 Å². The first kappa shape index (κ1) is 11.2. The average molecular weight is 256 g/mol. The minimum absolute atomic E-state index is 0.708. The third-order valence-corrected chi connectivity index (χ3v) is 2.49. The Morgan fingerprint density at radius 1 is 1.57 bits per heavy atom. The van der Waals surface area contributed by atoms with Crippen LogP contribution in [0.3, 0.4) is 0 Å². The Morgan fingerprint density at radius 3 is 2.79 bits per heavy atom. The van der Waals surface area contributed by atoms with Crippen molar-refractivity contribution >= 4 is 21.8 Å². The molecule has 0 saturated heterocycles. The number of benzene rings is 1. The average Bonchev–Trinajstić information content (AvgIpc) is 2.15. The van der Waals surface area contributed by atoms with E-state index in [1.165, 1.54) is 5.56 Å². The lowest BCUT2D eigenvalue weighted by molar-refractivity contribution is 0.990. The lowest BCUT2D eigenvalue weighted by Gasteiger charge is -2.08. The summed E-state index contributed by atoms with van der Waals surface area (Å²) in [5.41, 5.74) is 4.79. The van der Waals surface area contributed by atoms with Gasteiger partial charge in [0.05, 0.1) is 0 Å². The van der Waals surface area contributed by atoms with E-state index in [9.17, 15) is 0 Å². The van der Waals surface area contributed by atoms with Crippen molar-refractivity contribution in [3.8, 4) is 0 Å². The first-order valence-electron chi connectivity index (χ1n) is 4.46. The van der Waals surface area contributed by atoms with Gasteiger partial charge in [0, 0.05) is 16.6 Å². The number of halogens is 1. The Labute approximate surface area is 92.5 Å². The summed E-state index contributed by atoms with van der Waals surface area (Å²) in [6.07, 6.45) is 0. The van der Waals surface area contributed by atoms with Crippen LogP contribution in [0.4, 0.5) is 0 Å². The molecule has 0 atom stereocenters. The molecule has 1 aromatic rings. The SMILES string of the molecule is CCN=C(NN)c1ccc(C)cc1Br. The van der Waals surface area contributed by atoms with Gasteiger partial charge >= 0.3 is 0 Å². The molecule has 3 N–H and O–H groups in total. The molecular formula is C10H14BrN3. The molecule has 1 rings (SSSR count). The quantitative estimate of drug-likeness (QED) is 0.368. The Bertz CT molecular complexity index is 347. The number of hydrogen-bond donors (Lipinski definition) is 2. The minimum Gasteiger partial charge on any atom is -0.308 e. The number of hydrazine groups is 1. The molecule has 76 valence electrons. The third-order valence-electron chi connectivity index (χ3n) is 1.83. The summed E-state index contributed by atoms with van der Waals surface area (Å²) >= 11 is 3.48. The van der Waals surface area contributed by atoms with E-state index in [1.807, 2.05) is 32.0 Å². The second-order valence-corrected chi connectivity index (χ2v) is 3.80. The zero-order valence-corrected chi connectivity index (χ0v) is 9.93. The molecule has 3 nitrogen and oxygen atoms in total. The van der Waals surface area contributed by atoms with Crippen molar-refractivity contribution < 1.29 is 0 Å². The van der Waals surface area contributed by atoms with Gasteiger partial charge in [0.15, 0.2) is 0 Å². The number of nitrogens with zero attached hydrogens (tertiary/aromatic N) is 1. The van der Waals surface area contributed by atoms with Crippen LogP contribution in [-0.2, 0) is 0 Å². The molecule has 0 radical (unpaired) electrons. The first-order valence-corrected chi connectivity index (χ1v) is 5.26. The molecule has 0 bridgehead atoms. The molecule has 4 heteroatoms. The molecule has 0 heterocycles. The molecule has 0 saturated carbocycles. The van der Waals surface area contributed by atoms with E-state index in [2.05, 4.69) is 26.3 Å². The molecule has 14 heavy (non-hydrogen) atoms. The maximum Gasteiger partial charge on any atom is 0.143 e. The second kappa shape index (κ2) is 5.12. The highest BCUT2D eigenvalue weighted by Crippen LogP contribution is 2.18. The number of amidine groups is 1. The highest BCUT2D eigenvalue weighted by Gasteiger charge is 2.05. The van der Waals surface area contributed by atoms with E-state index in [0.717, 1.165) is 10.0 Å². The Hall–Kier alpha value is -0.870. The normalized spacial score (nSPS) is 11.6. The predicted octanol–water partition coefficient (Wildman–Crippen LogP) is 1.99. The molecule has 0 spiro atoms. The summed E-state index contributed by atoms with van der Waals surface area (Å²) in [6.45, 7) is 4.72.